The van der Waals surface area contributed by atoms with Crippen LogP contribution < -0.4 is 27.1 Å². The van der Waals surface area contributed by atoms with E-state index < -0.39 is 53.0 Å². The van der Waals surface area contributed by atoms with Crippen molar-refractivity contribution in [1.29, 1.82) is 0 Å². The lowest BCUT2D eigenvalue weighted by Crippen LogP contribution is -2.71. The molecule has 21 heteroatoms. The highest BCUT2D eigenvalue weighted by Gasteiger charge is 2.54. The molecular formula is C26H30ClN10O8S2+. The highest BCUT2D eigenvalue weighted by atomic mass is 35.5. The zero-order valence-corrected chi connectivity index (χ0v) is 27.0. The maximum atomic E-state index is 13.4. The van der Waals surface area contributed by atoms with E-state index in [1.54, 1.807) is 21.4 Å². The van der Waals surface area contributed by atoms with Gasteiger partial charge < -0.3 is 42.7 Å². The molecule has 1 saturated heterocycles. The Morgan fingerprint density at radius 3 is 2.68 bits per heavy atom. The highest BCUT2D eigenvalue weighted by Crippen LogP contribution is 2.40. The Morgan fingerprint density at radius 1 is 1.30 bits per heavy atom. The molecule has 5 heterocycles. The second kappa shape index (κ2) is 13.7. The third-order valence-electron chi connectivity index (χ3n) is 7.36. The van der Waals surface area contributed by atoms with Gasteiger partial charge in [-0.15, -0.1) is 11.8 Å². The molecule has 18 nitrogen and oxygen atoms in total. The number of hydrogen-bond acceptors (Lipinski definition) is 14. The molecular weight excluding hydrogens is 680 g/mol. The number of thioether (sulfide) groups is 1. The number of aliphatic hydroxyl groups excluding tert-OH is 1. The number of halogens is 1. The lowest BCUT2D eigenvalue weighted by Gasteiger charge is -2.49. The molecule has 2 aliphatic rings. The van der Waals surface area contributed by atoms with Crippen LogP contribution in [0.2, 0.25) is 4.34 Å². The Morgan fingerprint density at radius 2 is 2.04 bits per heavy atom. The third-order valence-corrected chi connectivity index (χ3v) is 9.78. The lowest BCUT2D eigenvalue weighted by molar-refractivity contribution is -0.664. The molecule has 0 aromatic carbocycles. The molecule has 47 heavy (non-hydrogen) atoms. The first-order chi connectivity index (χ1) is 22.3. The predicted molar refractivity (Wildman–Crippen MR) is 170 cm³/mol. The Kier molecular flexibility index (Phi) is 9.86. The molecule has 3 aromatic rings. The molecule has 2 aliphatic heterocycles. The van der Waals surface area contributed by atoms with Crippen molar-refractivity contribution >= 4 is 86.4 Å². The molecule has 1 unspecified atom stereocenters. The summed E-state index contributed by atoms with van der Waals surface area (Å²) in [4.78, 5) is 64.9. The van der Waals surface area contributed by atoms with Crippen LogP contribution in [0, 0.1) is 0 Å². The van der Waals surface area contributed by atoms with Crippen LogP contribution in [-0.2, 0) is 37.1 Å². The number of hydrogen-bond donors (Lipinski definition) is 7. The summed E-state index contributed by atoms with van der Waals surface area (Å²) in [6.07, 6.45) is 0.740. The number of amides is 2. The van der Waals surface area contributed by atoms with Crippen LogP contribution in [0.15, 0.2) is 34.8 Å². The molecule has 250 valence electrons. The average Bonchev–Trinajstić information content (AvgIpc) is 3.54. The van der Waals surface area contributed by atoms with E-state index in [9.17, 15) is 29.4 Å². The minimum atomic E-state index is -1.43. The second-order valence-electron chi connectivity index (χ2n) is 10.5. The average molecular weight is 710 g/mol. The molecule has 10 N–H and O–H groups in total. The number of carbonyl (C=O) groups excluding carboxylic acids is 2. The number of nitrogen functional groups attached to an aromatic ring is 2. The summed E-state index contributed by atoms with van der Waals surface area (Å²) >= 11 is 8.25. The van der Waals surface area contributed by atoms with Crippen molar-refractivity contribution in [3.05, 3.63) is 39.6 Å². The maximum Gasteiger partial charge on any atom is 0.352 e. The fourth-order valence-electron chi connectivity index (χ4n) is 4.96. The van der Waals surface area contributed by atoms with Gasteiger partial charge in [0.25, 0.3) is 11.8 Å². The standard InChI is InChI=1S/C26H29ClN10O8S2/c1-10(23(41)42)45-34-15(14-18(27)47-26(30)32-14)20(39)31-16-21(40)37-17(24(43)44)11(9-46-22(16)37)7-35-5-2-3-13-19(35)33-25(29)36(13)6-4-12(28)8-38/h2-3,5,10,12,16,22,29,38H,4,6-9,28H2,1H3,(H5,30,31,32,39,41,42,43,44)/p+1/t10-,12-,16+,22?/m0/s1. The number of aliphatic carboxylic acids is 2. The SMILES string of the molecule is C[C@H](ON=C(C(=O)N[C@@H]1C(=O)N2C(C(=O)O)=C(C[n+]3cccc4c3nc(N)n4CC[C@H](N)CO)CSC12)c1nc(N)sc1Cl)C(=O)O. The van der Waals surface area contributed by atoms with Gasteiger partial charge >= 0.3 is 23.5 Å². The number of imidazole rings is 1. The van der Waals surface area contributed by atoms with Gasteiger partial charge in [-0.25, -0.2) is 19.1 Å². The molecule has 0 saturated carbocycles. The zero-order chi connectivity index (χ0) is 34.2. The van der Waals surface area contributed by atoms with Crippen LogP contribution in [0.1, 0.15) is 19.0 Å². The number of aromatic nitrogens is 4. The number of carboxylic acid groups (broad SMARTS) is 2. The number of carboxylic acids is 2. The summed E-state index contributed by atoms with van der Waals surface area (Å²) in [6, 6.07) is 1.98. The van der Waals surface area contributed by atoms with Gasteiger partial charge in [0.15, 0.2) is 10.8 Å². The number of oxime groups is 1. The predicted octanol–water partition coefficient (Wildman–Crippen LogP) is -1.06. The quantitative estimate of drug-likeness (QED) is 0.0482. The topological polar surface area (TPSA) is 278 Å². The van der Waals surface area contributed by atoms with Gasteiger partial charge in [0.2, 0.25) is 6.10 Å². The zero-order valence-electron chi connectivity index (χ0n) is 24.6. The second-order valence-corrected chi connectivity index (χ2v) is 13.3. The van der Waals surface area contributed by atoms with Gasteiger partial charge in [-0.1, -0.05) is 28.1 Å². The van der Waals surface area contributed by atoms with Gasteiger partial charge in [0.1, 0.15) is 39.2 Å². The van der Waals surface area contributed by atoms with Crippen LogP contribution in [0.5, 0.6) is 0 Å². The van der Waals surface area contributed by atoms with E-state index in [1.807, 2.05) is 6.07 Å². The van der Waals surface area contributed by atoms with Crippen molar-refractivity contribution in [1.82, 2.24) is 24.8 Å². The minimum Gasteiger partial charge on any atom is -0.478 e. The summed E-state index contributed by atoms with van der Waals surface area (Å²) < 4.78 is 3.45. The minimum absolute atomic E-state index is 0.00296. The first-order valence-electron chi connectivity index (χ1n) is 13.9. The number of aryl methyl sites for hydroxylation is 1. The van der Waals surface area contributed by atoms with Crippen molar-refractivity contribution in [2.75, 3.05) is 23.8 Å². The fraction of sp³-hybridized carbons (Fsp3) is 0.385. The van der Waals surface area contributed by atoms with Gasteiger partial charge in [-0.2, -0.15) is 0 Å². The van der Waals surface area contributed by atoms with Crippen molar-refractivity contribution < 1.29 is 43.9 Å². The van der Waals surface area contributed by atoms with Crippen LogP contribution in [0.3, 0.4) is 0 Å². The number of nitrogens with two attached hydrogens (primary N) is 3. The Bertz CT molecular complexity index is 1830. The highest BCUT2D eigenvalue weighted by molar-refractivity contribution is 8.00. The largest absolute Gasteiger partial charge is 0.478 e. The van der Waals surface area contributed by atoms with E-state index in [2.05, 4.69) is 20.4 Å². The van der Waals surface area contributed by atoms with Crippen molar-refractivity contribution in [2.24, 2.45) is 10.9 Å². The number of fused-ring (bicyclic) bond motifs is 2. The third kappa shape index (κ3) is 6.67. The number of pyridine rings is 1. The molecule has 2 amide bonds. The number of β-lactam (4-membered cyclic amide) rings is 1. The lowest BCUT2D eigenvalue weighted by atomic mass is 10.0. The molecule has 0 spiro atoms. The summed E-state index contributed by atoms with van der Waals surface area (Å²) in [5, 5.41) is 34.0. The van der Waals surface area contributed by atoms with Crippen LogP contribution in [0.4, 0.5) is 11.1 Å². The van der Waals surface area contributed by atoms with Gasteiger partial charge in [-0.3, -0.25) is 19.1 Å². The van der Waals surface area contributed by atoms with Gasteiger partial charge in [0, 0.05) is 23.9 Å². The summed E-state index contributed by atoms with van der Waals surface area (Å²) in [5.74, 6) is -3.91. The molecule has 5 rings (SSSR count). The number of thiazole rings is 1. The molecule has 1 fully saturated rings. The monoisotopic (exact) mass is 709 g/mol. The van der Waals surface area contributed by atoms with Crippen molar-refractivity contribution in [3.8, 4) is 0 Å². The normalized spacial score (nSPS) is 19.3. The van der Waals surface area contributed by atoms with Gasteiger partial charge in [0.05, 0.1) is 12.8 Å². The maximum absolute atomic E-state index is 13.4. The van der Waals surface area contributed by atoms with E-state index in [0.29, 0.717) is 29.7 Å². The van der Waals surface area contributed by atoms with Crippen molar-refractivity contribution in [3.63, 3.8) is 0 Å². The first kappa shape index (κ1) is 33.9. The van der Waals surface area contributed by atoms with E-state index in [-0.39, 0.29) is 45.7 Å². The van der Waals surface area contributed by atoms with Crippen LogP contribution >= 0.6 is 34.7 Å². The molecule has 3 aromatic heterocycles. The smallest absolute Gasteiger partial charge is 0.352 e. The molecule has 0 aliphatic carbocycles. The van der Waals surface area contributed by atoms with Gasteiger partial charge in [-0.05, 0) is 30.5 Å². The number of anilines is 2. The Balaban J connectivity index is 1.38. The molecule has 0 radical (unpaired) electrons. The number of nitrogens with one attached hydrogen (secondary N) is 1. The van der Waals surface area contributed by atoms with Crippen LogP contribution in [0.25, 0.3) is 11.2 Å². The number of nitrogens with zero attached hydrogens (tertiary/aromatic N) is 6. The van der Waals surface area contributed by atoms with Crippen molar-refractivity contribution in [2.45, 2.75) is 50.0 Å². The summed E-state index contributed by atoms with van der Waals surface area (Å²) in [7, 11) is 0. The number of rotatable bonds is 13. The Hall–Kier alpha value is -4.50. The number of aliphatic hydroxyl groups is 1. The fourth-order valence-corrected chi connectivity index (χ4v) is 7.22. The first-order valence-corrected chi connectivity index (χ1v) is 16.2. The van der Waals surface area contributed by atoms with E-state index in [0.717, 1.165) is 16.2 Å². The molecule has 4 atom stereocenters. The van der Waals surface area contributed by atoms with E-state index in [1.165, 1.54) is 18.7 Å². The molecule has 0 bridgehead atoms. The Labute approximate surface area is 278 Å². The summed E-state index contributed by atoms with van der Waals surface area (Å²) in [5.41, 5.74) is 18.4. The van der Waals surface area contributed by atoms with E-state index >= 15 is 0 Å². The number of carbonyl (C=O) groups is 4. The summed E-state index contributed by atoms with van der Waals surface area (Å²) in [6.45, 7) is 1.49. The van der Waals surface area contributed by atoms with E-state index in [4.69, 9.17) is 38.7 Å². The van der Waals surface area contributed by atoms with Crippen LogP contribution in [-0.4, -0.2) is 100 Å².